The molecule has 3 fully saturated rings. The molecule has 2 N–H and O–H groups in total. The van der Waals surface area contributed by atoms with Crippen LogP contribution in [0.25, 0.3) is 0 Å². The van der Waals surface area contributed by atoms with E-state index in [-0.39, 0.29) is 34.9 Å². The van der Waals surface area contributed by atoms with E-state index in [0.717, 1.165) is 31.4 Å². The molecule has 5 aliphatic rings. The molecular weight excluding hydrogens is 366 g/mol. The van der Waals surface area contributed by atoms with Gasteiger partial charge in [0.25, 0.3) is 0 Å². The summed E-state index contributed by atoms with van der Waals surface area (Å²) in [5.74, 6) is 0.774. The third-order valence-electron chi connectivity index (χ3n) is 9.09. The Labute approximate surface area is 173 Å². The molecule has 1 unspecified atom stereocenters. The zero-order valence-electron chi connectivity index (χ0n) is 18.1. The zero-order chi connectivity index (χ0) is 20.8. The fraction of sp³-hybridized carbons (Fsp3) is 0.792. The van der Waals surface area contributed by atoms with Gasteiger partial charge in [0.05, 0.1) is 6.10 Å². The maximum absolute atomic E-state index is 13.0. The summed E-state index contributed by atoms with van der Waals surface area (Å²) in [4.78, 5) is 14.9. The van der Waals surface area contributed by atoms with Gasteiger partial charge in [-0.25, -0.2) is 4.79 Å². The Balaban J connectivity index is 1.67. The van der Waals surface area contributed by atoms with E-state index in [2.05, 4.69) is 25.2 Å². The van der Waals surface area contributed by atoms with Crippen LogP contribution >= 0.6 is 0 Å². The smallest absolute Gasteiger partial charge is 0.414 e. The van der Waals surface area contributed by atoms with Crippen molar-refractivity contribution in [3.05, 3.63) is 23.9 Å². The molecule has 1 saturated heterocycles. The van der Waals surface area contributed by atoms with Crippen molar-refractivity contribution in [2.75, 3.05) is 13.2 Å². The summed E-state index contributed by atoms with van der Waals surface area (Å²) in [6, 6.07) is 0. The topological polar surface area (TPSA) is 70.0 Å². The van der Waals surface area contributed by atoms with Gasteiger partial charge in [-0.05, 0) is 58.3 Å². The van der Waals surface area contributed by atoms with Crippen LogP contribution in [0.4, 0.5) is 4.79 Å². The second-order valence-electron chi connectivity index (χ2n) is 11.2. The Kier molecular flexibility index (Phi) is 3.98. The summed E-state index contributed by atoms with van der Waals surface area (Å²) in [6.45, 7) is 8.75. The lowest BCUT2D eigenvalue weighted by Crippen LogP contribution is -2.72. The predicted molar refractivity (Wildman–Crippen MR) is 110 cm³/mol. The molecule has 0 aromatic carbocycles. The number of rotatable bonds is 2. The summed E-state index contributed by atoms with van der Waals surface area (Å²) >= 11 is 0. The van der Waals surface area contributed by atoms with Crippen molar-refractivity contribution in [2.45, 2.75) is 71.5 Å². The first kappa shape index (κ1) is 19.6. The summed E-state index contributed by atoms with van der Waals surface area (Å²) in [6.07, 6.45) is 10.9. The largest absolute Gasteiger partial charge is 0.443 e. The van der Waals surface area contributed by atoms with Crippen molar-refractivity contribution < 1.29 is 19.7 Å². The Morgan fingerprint density at radius 1 is 1.38 bits per heavy atom. The van der Waals surface area contributed by atoms with Gasteiger partial charge in [-0.3, -0.25) is 4.90 Å². The lowest BCUT2D eigenvalue weighted by molar-refractivity contribution is -0.188. The maximum Gasteiger partial charge on any atom is 0.414 e. The van der Waals surface area contributed by atoms with E-state index in [1.807, 2.05) is 25.7 Å². The minimum atomic E-state index is -0.536. The minimum Gasteiger partial charge on any atom is -0.443 e. The standard InChI is InChI=1S/C24H35NO4/c1-15-7-6-10-23-17-9-5-8-16(19(23)27)22(17,11-12-26)13-18-24(15,23)14-25(18)20(28)29-21(2,3)4/h5,8,13,15-17,19,26-27H,6-7,9-12,14H2,1-4H3/t15?,16-,17-,19-,22-,23-,24+/m0/s1. The van der Waals surface area contributed by atoms with Crippen LogP contribution in [0.5, 0.6) is 0 Å². The number of carbonyl (C=O) groups is 1. The molecule has 4 aliphatic carbocycles. The van der Waals surface area contributed by atoms with Crippen LogP contribution in [0.2, 0.25) is 0 Å². The first-order chi connectivity index (χ1) is 13.6. The first-order valence-electron chi connectivity index (χ1n) is 11.3. The van der Waals surface area contributed by atoms with Crippen molar-refractivity contribution >= 4 is 6.09 Å². The van der Waals surface area contributed by atoms with E-state index >= 15 is 0 Å². The number of ether oxygens (including phenoxy) is 1. The molecule has 0 radical (unpaired) electrons. The highest BCUT2D eigenvalue weighted by Crippen LogP contribution is 2.80. The number of hydrogen-bond acceptors (Lipinski definition) is 4. The quantitative estimate of drug-likeness (QED) is 0.690. The third kappa shape index (κ3) is 2.11. The normalized spacial score (nSPS) is 47.1. The van der Waals surface area contributed by atoms with Gasteiger partial charge < -0.3 is 14.9 Å². The second-order valence-corrected chi connectivity index (χ2v) is 11.2. The van der Waals surface area contributed by atoms with Crippen LogP contribution in [0.3, 0.4) is 0 Å². The van der Waals surface area contributed by atoms with E-state index in [0.29, 0.717) is 24.8 Å². The number of aliphatic hydroxyl groups excluding tert-OH is 2. The molecule has 29 heavy (non-hydrogen) atoms. The van der Waals surface area contributed by atoms with Gasteiger partial charge in [-0.2, -0.15) is 0 Å². The van der Waals surface area contributed by atoms with E-state index in [1.54, 1.807) is 0 Å². The van der Waals surface area contributed by atoms with Crippen molar-refractivity contribution in [3.8, 4) is 0 Å². The summed E-state index contributed by atoms with van der Waals surface area (Å²) in [7, 11) is 0. The zero-order valence-corrected chi connectivity index (χ0v) is 18.1. The number of nitrogens with zero attached hydrogens (tertiary/aromatic N) is 1. The van der Waals surface area contributed by atoms with Gasteiger partial charge in [0.2, 0.25) is 0 Å². The van der Waals surface area contributed by atoms with Crippen molar-refractivity contribution in [1.29, 1.82) is 0 Å². The average molecular weight is 402 g/mol. The first-order valence-corrected chi connectivity index (χ1v) is 11.3. The monoisotopic (exact) mass is 401 g/mol. The SMILES string of the molecule is CC1CCC[C@@]23[C@@H](O)[C@@H]4C=CC[C@H]2[C@@]4(CCO)C=C2N(C(=O)OC(C)(C)C)C[C@]213. The molecule has 1 heterocycles. The molecular formula is C24H35NO4. The van der Waals surface area contributed by atoms with Gasteiger partial charge in [0, 0.05) is 41.0 Å². The number of allylic oxidation sites excluding steroid dienone is 2. The van der Waals surface area contributed by atoms with Crippen molar-refractivity contribution in [2.24, 2.45) is 34.0 Å². The molecule has 1 aliphatic heterocycles. The second kappa shape index (κ2) is 5.88. The lowest BCUT2D eigenvalue weighted by Gasteiger charge is -2.70. The average Bonchev–Trinajstić information content (AvgIpc) is 2.70. The van der Waals surface area contributed by atoms with Crippen LogP contribution in [0.1, 0.15) is 59.8 Å². The Hall–Kier alpha value is -1.33. The number of carbonyl (C=O) groups excluding carboxylic acids is 1. The lowest BCUT2D eigenvalue weighted by atomic mass is 9.39. The van der Waals surface area contributed by atoms with Crippen LogP contribution in [0.15, 0.2) is 23.9 Å². The fourth-order valence-corrected chi connectivity index (χ4v) is 8.24. The summed E-state index contributed by atoms with van der Waals surface area (Å²) in [5, 5.41) is 21.8. The molecule has 0 aromatic heterocycles. The number of likely N-dealkylation sites (tertiary alicyclic amines) is 1. The molecule has 2 spiro atoms. The molecule has 5 rings (SSSR count). The highest BCUT2D eigenvalue weighted by atomic mass is 16.6. The molecule has 160 valence electrons. The van der Waals surface area contributed by atoms with E-state index < -0.39 is 11.7 Å². The maximum atomic E-state index is 13.0. The van der Waals surface area contributed by atoms with Gasteiger partial charge in [-0.15, -0.1) is 0 Å². The molecule has 4 bridgehead atoms. The molecule has 7 atom stereocenters. The molecule has 0 aromatic rings. The predicted octanol–water partition coefficient (Wildman–Crippen LogP) is 3.86. The third-order valence-corrected chi connectivity index (χ3v) is 9.09. The highest BCUT2D eigenvalue weighted by molar-refractivity contribution is 5.74. The van der Waals surface area contributed by atoms with Crippen LogP contribution in [-0.2, 0) is 4.74 Å². The molecule has 5 nitrogen and oxygen atoms in total. The van der Waals surface area contributed by atoms with Gasteiger partial charge in [0.15, 0.2) is 0 Å². The summed E-state index contributed by atoms with van der Waals surface area (Å²) in [5.41, 5.74) is -0.103. The molecule has 2 saturated carbocycles. The minimum absolute atomic E-state index is 0.0224. The van der Waals surface area contributed by atoms with Crippen LogP contribution in [0, 0.1) is 34.0 Å². The number of amides is 1. The van der Waals surface area contributed by atoms with Crippen LogP contribution in [-0.4, -0.2) is 46.1 Å². The molecule has 5 heteroatoms. The van der Waals surface area contributed by atoms with Crippen LogP contribution < -0.4 is 0 Å². The number of hydrogen-bond donors (Lipinski definition) is 2. The van der Waals surface area contributed by atoms with Gasteiger partial charge in [0.1, 0.15) is 5.60 Å². The van der Waals surface area contributed by atoms with E-state index in [9.17, 15) is 15.0 Å². The Bertz CT molecular complexity index is 797. The van der Waals surface area contributed by atoms with E-state index in [4.69, 9.17) is 4.74 Å². The molecule has 1 amide bonds. The Morgan fingerprint density at radius 3 is 2.83 bits per heavy atom. The van der Waals surface area contributed by atoms with Gasteiger partial charge in [-0.1, -0.05) is 31.6 Å². The Morgan fingerprint density at radius 2 is 2.14 bits per heavy atom. The van der Waals surface area contributed by atoms with Gasteiger partial charge >= 0.3 is 6.09 Å². The van der Waals surface area contributed by atoms with Crippen molar-refractivity contribution in [3.63, 3.8) is 0 Å². The number of aliphatic hydroxyl groups is 2. The highest BCUT2D eigenvalue weighted by Gasteiger charge is 2.80. The fourth-order valence-electron chi connectivity index (χ4n) is 8.24. The van der Waals surface area contributed by atoms with E-state index in [1.165, 1.54) is 0 Å². The van der Waals surface area contributed by atoms with Crippen molar-refractivity contribution in [1.82, 2.24) is 4.90 Å². The summed E-state index contributed by atoms with van der Waals surface area (Å²) < 4.78 is 5.72.